The van der Waals surface area contributed by atoms with Crippen molar-refractivity contribution < 1.29 is 9.53 Å². The van der Waals surface area contributed by atoms with Gasteiger partial charge in [0.05, 0.1) is 19.3 Å². The summed E-state index contributed by atoms with van der Waals surface area (Å²) >= 11 is 0. The molecule has 1 N–H and O–H groups in total. The van der Waals surface area contributed by atoms with E-state index in [1.54, 1.807) is 0 Å². The lowest BCUT2D eigenvalue weighted by atomic mass is 9.69. The lowest BCUT2D eigenvalue weighted by Crippen LogP contribution is -2.51. The molecule has 1 aliphatic carbocycles. The number of hydrogen-bond donors (Lipinski definition) is 1. The molecule has 1 aliphatic heterocycles. The van der Waals surface area contributed by atoms with Gasteiger partial charge in [-0.3, -0.25) is 9.69 Å². The first-order valence-corrected chi connectivity index (χ1v) is 6.69. The maximum Gasteiger partial charge on any atom is 0.240 e. The lowest BCUT2D eigenvalue weighted by molar-refractivity contribution is -0.132. The summed E-state index contributed by atoms with van der Waals surface area (Å²) in [5, 5.41) is 12.1. The highest BCUT2D eigenvalue weighted by atomic mass is 16.5. The van der Waals surface area contributed by atoms with E-state index in [9.17, 15) is 4.79 Å². The van der Waals surface area contributed by atoms with Crippen LogP contribution in [0, 0.1) is 16.7 Å². The van der Waals surface area contributed by atoms with Crippen molar-refractivity contribution in [1.82, 2.24) is 10.2 Å². The zero-order valence-corrected chi connectivity index (χ0v) is 10.9. The fourth-order valence-electron chi connectivity index (χ4n) is 2.50. The zero-order chi connectivity index (χ0) is 13.0. The summed E-state index contributed by atoms with van der Waals surface area (Å²) in [7, 11) is 0. The second kappa shape index (κ2) is 5.68. The molecule has 100 valence electrons. The van der Waals surface area contributed by atoms with Crippen molar-refractivity contribution in [2.75, 3.05) is 32.8 Å². The minimum atomic E-state index is -0.737. The molecule has 1 heterocycles. The van der Waals surface area contributed by atoms with Crippen LogP contribution in [-0.2, 0) is 9.53 Å². The van der Waals surface area contributed by atoms with Crippen LogP contribution in [0.2, 0.25) is 0 Å². The van der Waals surface area contributed by atoms with Gasteiger partial charge in [0.2, 0.25) is 5.91 Å². The first kappa shape index (κ1) is 13.3. The van der Waals surface area contributed by atoms with E-state index in [1.807, 2.05) is 6.92 Å². The Labute approximate surface area is 108 Å². The molecule has 0 radical (unpaired) electrons. The molecule has 1 saturated carbocycles. The summed E-state index contributed by atoms with van der Waals surface area (Å²) in [6, 6.07) is 2.26. The summed E-state index contributed by atoms with van der Waals surface area (Å²) < 4.78 is 5.29. The van der Waals surface area contributed by atoms with Gasteiger partial charge in [0.25, 0.3) is 0 Å². The number of carbonyl (C=O) groups is 1. The molecule has 5 nitrogen and oxygen atoms in total. The Morgan fingerprint density at radius 1 is 1.50 bits per heavy atom. The molecule has 18 heavy (non-hydrogen) atoms. The second-order valence-electron chi connectivity index (χ2n) is 5.33. The largest absolute Gasteiger partial charge is 0.379 e. The number of hydrogen-bond acceptors (Lipinski definition) is 4. The molecule has 5 heteroatoms. The van der Waals surface area contributed by atoms with E-state index in [1.165, 1.54) is 0 Å². The summed E-state index contributed by atoms with van der Waals surface area (Å²) in [6.45, 7) is 6.20. The van der Waals surface area contributed by atoms with Gasteiger partial charge < -0.3 is 10.1 Å². The van der Waals surface area contributed by atoms with Crippen LogP contribution in [0.4, 0.5) is 0 Å². The highest BCUT2D eigenvalue weighted by molar-refractivity contribution is 5.86. The number of carbonyl (C=O) groups excluding carboxylic acids is 1. The van der Waals surface area contributed by atoms with Gasteiger partial charge in [0.15, 0.2) is 0 Å². The van der Waals surface area contributed by atoms with Crippen LogP contribution in [0.25, 0.3) is 0 Å². The van der Waals surface area contributed by atoms with Crippen molar-refractivity contribution in [2.45, 2.75) is 32.2 Å². The number of ether oxygens (including phenoxy) is 1. The molecule has 0 bridgehead atoms. The molecule has 2 rings (SSSR count). The van der Waals surface area contributed by atoms with Gasteiger partial charge in [0.1, 0.15) is 5.41 Å². The second-order valence-corrected chi connectivity index (χ2v) is 5.33. The van der Waals surface area contributed by atoms with Crippen molar-refractivity contribution in [1.29, 1.82) is 5.26 Å². The smallest absolute Gasteiger partial charge is 0.240 e. The third kappa shape index (κ3) is 2.82. The fourth-order valence-corrected chi connectivity index (χ4v) is 2.50. The summed E-state index contributed by atoms with van der Waals surface area (Å²) in [5.74, 6) is -0.0861. The Morgan fingerprint density at radius 2 is 2.17 bits per heavy atom. The molecular formula is C13H21N3O2. The Balaban J connectivity index is 1.78. The molecule has 0 aromatic heterocycles. The first-order chi connectivity index (χ1) is 8.66. The predicted molar refractivity (Wildman–Crippen MR) is 66.8 cm³/mol. The van der Waals surface area contributed by atoms with Gasteiger partial charge in [-0.2, -0.15) is 5.26 Å². The van der Waals surface area contributed by atoms with Crippen LogP contribution in [0.5, 0.6) is 0 Å². The zero-order valence-electron chi connectivity index (χ0n) is 10.9. The SMILES string of the molecule is CC(CN1CCOCC1)NC(=O)C1(C#N)CCC1. The average Bonchev–Trinajstić information content (AvgIpc) is 2.29. The Kier molecular flexibility index (Phi) is 4.20. The van der Waals surface area contributed by atoms with Gasteiger partial charge in [-0.05, 0) is 26.2 Å². The van der Waals surface area contributed by atoms with Crippen LogP contribution in [0.15, 0.2) is 0 Å². The molecule has 0 aromatic rings. The highest BCUT2D eigenvalue weighted by Crippen LogP contribution is 2.40. The van der Waals surface area contributed by atoms with E-state index in [4.69, 9.17) is 10.00 Å². The molecule has 0 spiro atoms. The van der Waals surface area contributed by atoms with E-state index in [2.05, 4.69) is 16.3 Å². The van der Waals surface area contributed by atoms with Crippen molar-refractivity contribution in [3.63, 3.8) is 0 Å². The molecule has 1 saturated heterocycles. The van der Waals surface area contributed by atoms with Crippen LogP contribution in [-0.4, -0.2) is 49.7 Å². The van der Waals surface area contributed by atoms with Crippen LogP contribution in [0.1, 0.15) is 26.2 Å². The highest BCUT2D eigenvalue weighted by Gasteiger charge is 2.44. The quantitative estimate of drug-likeness (QED) is 0.791. The summed E-state index contributed by atoms with van der Waals surface area (Å²) in [5.41, 5.74) is -0.737. The molecule has 2 aliphatic rings. The Bertz CT molecular complexity index is 341. The molecule has 0 aromatic carbocycles. The van der Waals surface area contributed by atoms with Crippen molar-refractivity contribution in [3.8, 4) is 6.07 Å². The number of nitriles is 1. The number of morpholine rings is 1. The lowest BCUT2D eigenvalue weighted by Gasteiger charge is -2.35. The van der Waals surface area contributed by atoms with E-state index in [-0.39, 0.29) is 11.9 Å². The molecule has 1 atom stereocenters. The van der Waals surface area contributed by atoms with Gasteiger partial charge in [0, 0.05) is 25.7 Å². The predicted octanol–water partition coefficient (Wildman–Crippen LogP) is 0.517. The average molecular weight is 251 g/mol. The van der Waals surface area contributed by atoms with Gasteiger partial charge >= 0.3 is 0 Å². The Morgan fingerprint density at radius 3 is 2.67 bits per heavy atom. The number of rotatable bonds is 4. The standard InChI is InChI=1S/C13H21N3O2/c1-11(9-16-5-7-18-8-6-16)15-12(17)13(10-14)3-2-4-13/h11H,2-9H2,1H3,(H,15,17). The van der Waals surface area contributed by atoms with E-state index in [0.717, 1.165) is 39.3 Å². The molecular weight excluding hydrogens is 230 g/mol. The van der Waals surface area contributed by atoms with E-state index in [0.29, 0.717) is 12.8 Å². The maximum absolute atomic E-state index is 12.1. The Hall–Kier alpha value is -1.12. The van der Waals surface area contributed by atoms with Crippen molar-refractivity contribution in [2.24, 2.45) is 5.41 Å². The van der Waals surface area contributed by atoms with Gasteiger partial charge in [-0.1, -0.05) is 0 Å². The summed E-state index contributed by atoms with van der Waals surface area (Å²) in [4.78, 5) is 14.3. The minimum Gasteiger partial charge on any atom is -0.379 e. The fraction of sp³-hybridized carbons (Fsp3) is 0.846. The number of amides is 1. The topological polar surface area (TPSA) is 65.4 Å². The third-order valence-corrected chi connectivity index (χ3v) is 3.87. The van der Waals surface area contributed by atoms with E-state index < -0.39 is 5.41 Å². The van der Waals surface area contributed by atoms with Gasteiger partial charge in [-0.15, -0.1) is 0 Å². The number of nitrogens with zero attached hydrogens (tertiary/aromatic N) is 2. The van der Waals surface area contributed by atoms with Gasteiger partial charge in [-0.25, -0.2) is 0 Å². The molecule has 2 fully saturated rings. The van der Waals surface area contributed by atoms with Crippen molar-refractivity contribution in [3.05, 3.63) is 0 Å². The van der Waals surface area contributed by atoms with Crippen molar-refractivity contribution >= 4 is 5.91 Å². The normalized spacial score (nSPS) is 24.7. The third-order valence-electron chi connectivity index (χ3n) is 3.87. The van der Waals surface area contributed by atoms with Crippen LogP contribution >= 0.6 is 0 Å². The maximum atomic E-state index is 12.1. The summed E-state index contributed by atoms with van der Waals surface area (Å²) in [6.07, 6.45) is 2.40. The first-order valence-electron chi connectivity index (χ1n) is 6.69. The molecule has 1 amide bonds. The molecule has 1 unspecified atom stereocenters. The van der Waals surface area contributed by atoms with Crippen LogP contribution in [0.3, 0.4) is 0 Å². The number of nitrogens with one attached hydrogen (secondary N) is 1. The minimum absolute atomic E-state index is 0.0847. The van der Waals surface area contributed by atoms with E-state index >= 15 is 0 Å². The van der Waals surface area contributed by atoms with Crippen LogP contribution < -0.4 is 5.32 Å². The monoisotopic (exact) mass is 251 g/mol.